The van der Waals surface area contributed by atoms with E-state index in [4.69, 9.17) is 5.11 Å². The molecule has 1 aromatic rings. The Hall–Kier alpha value is -2.08. The molecule has 1 N–H and O–H groups in total. The maximum atomic E-state index is 13.3. The van der Waals surface area contributed by atoms with Crippen molar-refractivity contribution in [1.82, 2.24) is 4.90 Å². The number of carboxylic acid groups (broad SMARTS) is 1. The SMILES string of the molecule is C=CCN(CC=C)C(=O)CSc1ccc(F)c(C(=O)O)c1. The second kappa shape index (κ2) is 8.26. The van der Waals surface area contributed by atoms with Crippen LogP contribution < -0.4 is 0 Å². The molecule has 0 radical (unpaired) electrons. The van der Waals surface area contributed by atoms with Gasteiger partial charge in [-0.1, -0.05) is 12.2 Å². The molecule has 0 saturated heterocycles. The molecular formula is C15H16FNO3S. The van der Waals surface area contributed by atoms with Gasteiger partial charge >= 0.3 is 5.97 Å². The Morgan fingerprint density at radius 2 is 1.90 bits per heavy atom. The van der Waals surface area contributed by atoms with Gasteiger partial charge in [-0.3, -0.25) is 4.79 Å². The van der Waals surface area contributed by atoms with Crippen LogP contribution in [0, 0.1) is 5.82 Å². The highest BCUT2D eigenvalue weighted by Gasteiger charge is 2.14. The van der Waals surface area contributed by atoms with E-state index in [0.717, 1.165) is 17.8 Å². The number of amides is 1. The van der Waals surface area contributed by atoms with Crippen molar-refractivity contribution in [2.45, 2.75) is 4.90 Å². The number of aromatic carboxylic acids is 1. The van der Waals surface area contributed by atoms with Gasteiger partial charge in [0.05, 0.1) is 11.3 Å². The molecule has 0 aliphatic heterocycles. The van der Waals surface area contributed by atoms with E-state index in [0.29, 0.717) is 18.0 Å². The molecular weight excluding hydrogens is 293 g/mol. The lowest BCUT2D eigenvalue weighted by Gasteiger charge is -2.18. The number of halogens is 1. The molecule has 0 aliphatic rings. The zero-order valence-corrected chi connectivity index (χ0v) is 12.2. The third-order valence-electron chi connectivity index (χ3n) is 2.58. The first-order valence-corrected chi connectivity index (χ1v) is 7.13. The van der Waals surface area contributed by atoms with Crippen molar-refractivity contribution < 1.29 is 19.1 Å². The Morgan fingerprint density at radius 1 is 1.29 bits per heavy atom. The normalized spacial score (nSPS) is 9.95. The number of hydrogen-bond donors (Lipinski definition) is 1. The monoisotopic (exact) mass is 309 g/mol. The molecule has 1 amide bonds. The zero-order chi connectivity index (χ0) is 15.8. The smallest absolute Gasteiger partial charge is 0.338 e. The number of rotatable bonds is 8. The fourth-order valence-electron chi connectivity index (χ4n) is 1.58. The molecule has 6 heteroatoms. The topological polar surface area (TPSA) is 57.6 Å². The van der Waals surface area contributed by atoms with E-state index >= 15 is 0 Å². The van der Waals surface area contributed by atoms with Crippen LogP contribution in [0.3, 0.4) is 0 Å². The molecule has 0 fully saturated rings. The van der Waals surface area contributed by atoms with Gasteiger partial charge in [0.2, 0.25) is 5.91 Å². The number of nitrogens with zero attached hydrogens (tertiary/aromatic N) is 1. The molecule has 21 heavy (non-hydrogen) atoms. The molecule has 0 spiro atoms. The van der Waals surface area contributed by atoms with Crippen LogP contribution in [0.1, 0.15) is 10.4 Å². The molecule has 0 unspecified atom stereocenters. The summed E-state index contributed by atoms with van der Waals surface area (Å²) < 4.78 is 13.3. The molecule has 0 heterocycles. The highest BCUT2D eigenvalue weighted by atomic mass is 32.2. The number of carboxylic acids is 1. The predicted molar refractivity (Wildman–Crippen MR) is 81.1 cm³/mol. The van der Waals surface area contributed by atoms with E-state index < -0.39 is 17.3 Å². The van der Waals surface area contributed by atoms with Crippen molar-refractivity contribution in [2.24, 2.45) is 0 Å². The number of carbonyl (C=O) groups is 2. The minimum Gasteiger partial charge on any atom is -0.478 e. The van der Waals surface area contributed by atoms with E-state index in [9.17, 15) is 14.0 Å². The Morgan fingerprint density at radius 3 is 2.43 bits per heavy atom. The van der Waals surface area contributed by atoms with Gasteiger partial charge in [0.1, 0.15) is 5.82 Å². The van der Waals surface area contributed by atoms with Crippen LogP contribution in [0.5, 0.6) is 0 Å². The van der Waals surface area contributed by atoms with Crippen molar-refractivity contribution >= 4 is 23.6 Å². The van der Waals surface area contributed by atoms with E-state index in [1.54, 1.807) is 17.1 Å². The average Bonchev–Trinajstić information content (AvgIpc) is 2.45. The van der Waals surface area contributed by atoms with Gasteiger partial charge in [0.25, 0.3) is 0 Å². The summed E-state index contributed by atoms with van der Waals surface area (Å²) in [6, 6.07) is 3.76. The summed E-state index contributed by atoms with van der Waals surface area (Å²) in [6.45, 7) is 7.99. The second-order valence-electron chi connectivity index (χ2n) is 4.11. The van der Waals surface area contributed by atoms with E-state index in [-0.39, 0.29) is 11.7 Å². The number of thioether (sulfide) groups is 1. The lowest BCUT2D eigenvalue weighted by molar-refractivity contribution is -0.127. The zero-order valence-electron chi connectivity index (χ0n) is 11.4. The molecule has 0 aromatic heterocycles. The molecule has 0 aliphatic carbocycles. The lowest BCUT2D eigenvalue weighted by Crippen LogP contribution is -2.32. The van der Waals surface area contributed by atoms with Crippen molar-refractivity contribution in [2.75, 3.05) is 18.8 Å². The first kappa shape index (κ1) is 17.0. The third-order valence-corrected chi connectivity index (χ3v) is 3.56. The van der Waals surface area contributed by atoms with Gasteiger partial charge in [-0.05, 0) is 18.2 Å². The molecule has 0 saturated carbocycles. The molecule has 0 atom stereocenters. The summed E-state index contributed by atoms with van der Waals surface area (Å²) in [6.07, 6.45) is 3.24. The van der Waals surface area contributed by atoms with Gasteiger partial charge in [-0.2, -0.15) is 0 Å². The van der Waals surface area contributed by atoms with Gasteiger partial charge in [0, 0.05) is 18.0 Å². The minimum absolute atomic E-state index is 0.124. The van der Waals surface area contributed by atoms with Crippen LogP contribution in [0.15, 0.2) is 48.4 Å². The highest BCUT2D eigenvalue weighted by Crippen LogP contribution is 2.21. The van der Waals surface area contributed by atoms with Crippen LogP contribution in [-0.4, -0.2) is 40.7 Å². The maximum absolute atomic E-state index is 13.3. The van der Waals surface area contributed by atoms with E-state index in [1.165, 1.54) is 12.1 Å². The van der Waals surface area contributed by atoms with Crippen LogP contribution in [0.4, 0.5) is 4.39 Å². The highest BCUT2D eigenvalue weighted by molar-refractivity contribution is 8.00. The Bertz CT molecular complexity index is 550. The van der Waals surface area contributed by atoms with Gasteiger partial charge < -0.3 is 10.0 Å². The molecule has 4 nitrogen and oxygen atoms in total. The molecule has 1 aromatic carbocycles. The molecule has 112 valence electrons. The Labute approximate surface area is 127 Å². The molecule has 1 rings (SSSR count). The summed E-state index contributed by atoms with van der Waals surface area (Å²) in [5.74, 6) is -2.12. The average molecular weight is 309 g/mol. The first-order chi connectivity index (χ1) is 9.99. The summed E-state index contributed by atoms with van der Waals surface area (Å²) in [5.41, 5.74) is -0.401. The summed E-state index contributed by atoms with van der Waals surface area (Å²) in [4.78, 5) is 24.9. The fraction of sp³-hybridized carbons (Fsp3) is 0.200. The van der Waals surface area contributed by atoms with Crippen molar-refractivity contribution in [1.29, 1.82) is 0 Å². The third kappa shape index (κ3) is 5.07. The first-order valence-electron chi connectivity index (χ1n) is 6.14. The maximum Gasteiger partial charge on any atom is 0.338 e. The van der Waals surface area contributed by atoms with Crippen LogP contribution in [-0.2, 0) is 4.79 Å². The number of hydrogen-bond acceptors (Lipinski definition) is 3. The second-order valence-corrected chi connectivity index (χ2v) is 5.16. The lowest BCUT2D eigenvalue weighted by atomic mass is 10.2. The largest absolute Gasteiger partial charge is 0.478 e. The number of carbonyl (C=O) groups excluding carboxylic acids is 1. The van der Waals surface area contributed by atoms with Gasteiger partial charge in [-0.15, -0.1) is 24.9 Å². The quantitative estimate of drug-likeness (QED) is 0.592. The van der Waals surface area contributed by atoms with Crippen molar-refractivity contribution in [3.05, 3.63) is 54.9 Å². The molecule has 0 bridgehead atoms. The Balaban J connectivity index is 2.72. The summed E-state index contributed by atoms with van der Waals surface area (Å²) in [5, 5.41) is 8.85. The van der Waals surface area contributed by atoms with Gasteiger partial charge in [-0.25, -0.2) is 9.18 Å². The van der Waals surface area contributed by atoms with Crippen molar-refractivity contribution in [3.8, 4) is 0 Å². The minimum atomic E-state index is -1.33. The summed E-state index contributed by atoms with van der Waals surface area (Å²) in [7, 11) is 0. The van der Waals surface area contributed by atoms with Crippen LogP contribution in [0.2, 0.25) is 0 Å². The van der Waals surface area contributed by atoms with Gasteiger partial charge in [0.15, 0.2) is 0 Å². The summed E-state index contributed by atoms with van der Waals surface area (Å²) >= 11 is 1.16. The Kier molecular flexibility index (Phi) is 6.68. The standard InChI is InChI=1S/C15H16FNO3S/c1-3-7-17(8-4-2)14(18)10-21-11-5-6-13(16)12(9-11)15(19)20/h3-6,9H,1-2,7-8,10H2,(H,19,20). The predicted octanol–water partition coefficient (Wildman–Crippen LogP) is 2.82. The fourth-order valence-corrected chi connectivity index (χ4v) is 2.42. The van der Waals surface area contributed by atoms with E-state index in [1.807, 2.05) is 0 Å². The van der Waals surface area contributed by atoms with Crippen LogP contribution in [0.25, 0.3) is 0 Å². The van der Waals surface area contributed by atoms with Crippen LogP contribution >= 0.6 is 11.8 Å². The van der Waals surface area contributed by atoms with E-state index in [2.05, 4.69) is 13.2 Å². The van der Waals surface area contributed by atoms with Crippen molar-refractivity contribution in [3.63, 3.8) is 0 Å². The number of benzene rings is 1.